The summed E-state index contributed by atoms with van der Waals surface area (Å²) < 4.78 is 10.5. The molecule has 3 aromatic rings. The van der Waals surface area contributed by atoms with Crippen LogP contribution in [-0.4, -0.2) is 42.0 Å². The fraction of sp³-hybridized carbons (Fsp3) is 0.200. The third-order valence-electron chi connectivity index (χ3n) is 5.65. The van der Waals surface area contributed by atoms with Crippen LogP contribution in [-0.2, 0) is 16.0 Å². The summed E-state index contributed by atoms with van der Waals surface area (Å²) in [6.07, 6.45) is -0.928. The van der Waals surface area contributed by atoms with Crippen LogP contribution in [0.2, 0.25) is 0 Å². The van der Waals surface area contributed by atoms with Crippen LogP contribution in [0.25, 0.3) is 11.1 Å². The third kappa shape index (κ3) is 4.23. The van der Waals surface area contributed by atoms with E-state index >= 15 is 0 Å². The monoisotopic (exact) mass is 433 g/mol. The van der Waals surface area contributed by atoms with Gasteiger partial charge < -0.3 is 25.0 Å². The van der Waals surface area contributed by atoms with Crippen molar-refractivity contribution >= 4 is 12.1 Å². The Morgan fingerprint density at radius 1 is 1.00 bits per heavy atom. The van der Waals surface area contributed by atoms with Gasteiger partial charge in [0.2, 0.25) is 0 Å². The van der Waals surface area contributed by atoms with Crippen molar-refractivity contribution in [3.8, 4) is 22.6 Å². The summed E-state index contributed by atoms with van der Waals surface area (Å²) in [6, 6.07) is 19.2. The average Bonchev–Trinajstić information content (AvgIpc) is 3.12. The molecule has 0 aliphatic heterocycles. The van der Waals surface area contributed by atoms with Crippen molar-refractivity contribution < 1.29 is 29.3 Å². The SMILES string of the molecule is COc1ccc(CC(NC(=O)OCC2c3ccccc3-c3ccccc32)C(=O)O)c(O)c1. The molecule has 1 aliphatic rings. The Balaban J connectivity index is 1.43. The molecular weight excluding hydrogens is 410 g/mol. The van der Waals surface area contributed by atoms with Gasteiger partial charge >= 0.3 is 12.1 Å². The minimum atomic E-state index is -1.26. The summed E-state index contributed by atoms with van der Waals surface area (Å²) in [7, 11) is 1.47. The molecule has 0 bridgehead atoms. The van der Waals surface area contributed by atoms with Gasteiger partial charge in [-0.1, -0.05) is 54.6 Å². The van der Waals surface area contributed by atoms with Crippen molar-refractivity contribution in [2.24, 2.45) is 0 Å². The van der Waals surface area contributed by atoms with Gasteiger partial charge in [-0.2, -0.15) is 0 Å². The van der Waals surface area contributed by atoms with Gasteiger partial charge in [0.25, 0.3) is 0 Å². The number of phenolic OH excluding ortho intramolecular Hbond substituents is 1. The number of alkyl carbamates (subject to hydrolysis) is 1. The molecule has 32 heavy (non-hydrogen) atoms. The number of hydrogen-bond acceptors (Lipinski definition) is 5. The Kier molecular flexibility index (Phi) is 5.98. The zero-order valence-electron chi connectivity index (χ0n) is 17.4. The van der Waals surface area contributed by atoms with E-state index in [1.165, 1.54) is 13.2 Å². The highest BCUT2D eigenvalue weighted by Crippen LogP contribution is 2.44. The fourth-order valence-electron chi connectivity index (χ4n) is 4.05. The summed E-state index contributed by atoms with van der Waals surface area (Å²) in [5.74, 6) is -1.01. The van der Waals surface area contributed by atoms with E-state index in [4.69, 9.17) is 9.47 Å². The van der Waals surface area contributed by atoms with E-state index < -0.39 is 18.1 Å². The maximum Gasteiger partial charge on any atom is 0.407 e. The Morgan fingerprint density at radius 3 is 2.19 bits per heavy atom. The number of amides is 1. The van der Waals surface area contributed by atoms with Crippen molar-refractivity contribution in [1.82, 2.24) is 5.32 Å². The molecule has 0 heterocycles. The molecule has 0 fully saturated rings. The largest absolute Gasteiger partial charge is 0.508 e. The normalized spacial score (nSPS) is 13.0. The highest BCUT2D eigenvalue weighted by atomic mass is 16.5. The number of carbonyl (C=O) groups is 2. The first-order chi connectivity index (χ1) is 15.5. The van der Waals surface area contributed by atoms with Gasteiger partial charge in [-0.15, -0.1) is 0 Å². The summed E-state index contributed by atoms with van der Waals surface area (Å²) in [5.41, 5.74) is 4.72. The van der Waals surface area contributed by atoms with Gasteiger partial charge in [-0.05, 0) is 33.9 Å². The van der Waals surface area contributed by atoms with Crippen molar-refractivity contribution in [2.45, 2.75) is 18.4 Å². The highest BCUT2D eigenvalue weighted by Gasteiger charge is 2.30. The number of methoxy groups -OCH3 is 1. The molecule has 164 valence electrons. The Hall–Kier alpha value is -4.00. The van der Waals surface area contributed by atoms with E-state index in [-0.39, 0.29) is 24.7 Å². The molecule has 7 heteroatoms. The number of rotatable bonds is 7. The van der Waals surface area contributed by atoms with E-state index in [0.717, 1.165) is 22.3 Å². The molecule has 0 saturated carbocycles. The van der Waals surface area contributed by atoms with E-state index in [1.54, 1.807) is 12.1 Å². The van der Waals surface area contributed by atoms with Crippen LogP contribution in [0.5, 0.6) is 11.5 Å². The zero-order chi connectivity index (χ0) is 22.7. The molecule has 0 spiro atoms. The molecule has 0 radical (unpaired) electrons. The number of carboxylic acids is 1. The van der Waals surface area contributed by atoms with Crippen molar-refractivity contribution in [3.63, 3.8) is 0 Å². The second-order valence-electron chi connectivity index (χ2n) is 7.56. The number of nitrogens with one attached hydrogen (secondary N) is 1. The number of benzene rings is 3. The predicted molar refractivity (Wildman–Crippen MR) is 118 cm³/mol. The number of phenols is 1. The lowest BCUT2D eigenvalue weighted by atomic mass is 9.98. The van der Waals surface area contributed by atoms with E-state index in [2.05, 4.69) is 5.32 Å². The molecule has 1 atom stereocenters. The number of aromatic hydroxyl groups is 1. The van der Waals surface area contributed by atoms with Gasteiger partial charge in [-0.3, -0.25) is 0 Å². The first kappa shape index (κ1) is 21.2. The quantitative estimate of drug-likeness (QED) is 0.521. The Morgan fingerprint density at radius 2 is 1.62 bits per heavy atom. The van der Waals surface area contributed by atoms with Crippen LogP contribution in [0, 0.1) is 0 Å². The standard InChI is InChI=1S/C25H23NO6/c1-31-16-11-10-15(23(27)13-16)12-22(24(28)29)26-25(30)32-14-21-19-8-4-2-6-17(19)18-7-3-5-9-20(18)21/h2-11,13,21-22,27H,12,14H2,1H3,(H,26,30)(H,28,29). The number of carboxylic acid groups (broad SMARTS) is 1. The minimum Gasteiger partial charge on any atom is -0.508 e. The van der Waals surface area contributed by atoms with Gasteiger partial charge in [-0.25, -0.2) is 9.59 Å². The molecule has 7 nitrogen and oxygen atoms in total. The van der Waals surface area contributed by atoms with Crippen LogP contribution >= 0.6 is 0 Å². The van der Waals surface area contributed by atoms with Crippen LogP contribution in [0.4, 0.5) is 4.79 Å². The van der Waals surface area contributed by atoms with Gasteiger partial charge in [0, 0.05) is 18.4 Å². The van der Waals surface area contributed by atoms with Gasteiger partial charge in [0.15, 0.2) is 0 Å². The lowest BCUT2D eigenvalue weighted by Gasteiger charge is -2.18. The molecular formula is C25H23NO6. The fourth-order valence-corrected chi connectivity index (χ4v) is 4.05. The van der Waals surface area contributed by atoms with Crippen molar-refractivity contribution in [3.05, 3.63) is 83.4 Å². The van der Waals surface area contributed by atoms with Crippen molar-refractivity contribution in [1.29, 1.82) is 0 Å². The maximum absolute atomic E-state index is 12.4. The van der Waals surface area contributed by atoms with E-state index in [0.29, 0.717) is 11.3 Å². The number of ether oxygens (including phenoxy) is 2. The molecule has 3 N–H and O–H groups in total. The van der Waals surface area contributed by atoms with Gasteiger partial charge in [0.1, 0.15) is 24.1 Å². The number of hydrogen-bond donors (Lipinski definition) is 3. The smallest absolute Gasteiger partial charge is 0.407 e. The van der Waals surface area contributed by atoms with Gasteiger partial charge in [0.05, 0.1) is 7.11 Å². The lowest BCUT2D eigenvalue weighted by Crippen LogP contribution is -2.42. The number of fused-ring (bicyclic) bond motifs is 3. The molecule has 1 aliphatic carbocycles. The zero-order valence-corrected chi connectivity index (χ0v) is 17.4. The third-order valence-corrected chi connectivity index (χ3v) is 5.65. The molecule has 1 unspecified atom stereocenters. The molecule has 1 amide bonds. The topological polar surface area (TPSA) is 105 Å². The molecule has 0 aromatic heterocycles. The number of carbonyl (C=O) groups excluding carboxylic acids is 1. The van der Waals surface area contributed by atoms with E-state index in [9.17, 15) is 19.8 Å². The van der Waals surface area contributed by atoms with Crippen LogP contribution < -0.4 is 10.1 Å². The Labute approximate surface area is 185 Å². The van der Waals surface area contributed by atoms with Crippen LogP contribution in [0.1, 0.15) is 22.6 Å². The van der Waals surface area contributed by atoms with Crippen LogP contribution in [0.3, 0.4) is 0 Å². The van der Waals surface area contributed by atoms with Crippen LogP contribution in [0.15, 0.2) is 66.7 Å². The second kappa shape index (κ2) is 9.01. The molecule has 4 rings (SSSR count). The molecule has 0 saturated heterocycles. The first-order valence-electron chi connectivity index (χ1n) is 10.2. The second-order valence-corrected chi connectivity index (χ2v) is 7.56. The maximum atomic E-state index is 12.4. The van der Waals surface area contributed by atoms with Crippen molar-refractivity contribution in [2.75, 3.05) is 13.7 Å². The number of aliphatic carboxylic acids is 1. The predicted octanol–water partition coefficient (Wildman–Crippen LogP) is 3.94. The summed E-state index contributed by atoms with van der Waals surface area (Å²) in [4.78, 5) is 24.1. The Bertz CT molecular complexity index is 1110. The average molecular weight is 433 g/mol. The molecule has 3 aromatic carbocycles. The summed E-state index contributed by atoms with van der Waals surface area (Å²) in [6.45, 7) is 0.0833. The summed E-state index contributed by atoms with van der Waals surface area (Å²) >= 11 is 0. The summed E-state index contributed by atoms with van der Waals surface area (Å²) in [5, 5.41) is 22.0. The van der Waals surface area contributed by atoms with E-state index in [1.807, 2.05) is 48.5 Å². The lowest BCUT2D eigenvalue weighted by molar-refractivity contribution is -0.139. The minimum absolute atomic E-state index is 0.0833. The first-order valence-corrected chi connectivity index (χ1v) is 10.2. The highest BCUT2D eigenvalue weighted by molar-refractivity contribution is 5.81.